The molecule has 0 heterocycles. The van der Waals surface area contributed by atoms with Crippen LogP contribution in [0, 0.1) is 0 Å². The normalized spacial score (nSPS) is 14.6. The Hall–Kier alpha value is -4.06. The number of phenolic OH excluding ortho intramolecular Hbond substituents is 1. The first-order valence-corrected chi connectivity index (χ1v) is 12.0. The second-order valence-corrected chi connectivity index (χ2v) is 8.77. The number of phenols is 1. The first-order chi connectivity index (χ1) is 17.0. The maximum atomic E-state index is 13.8. The molecule has 180 valence electrons. The minimum atomic E-state index is -0.580. The summed E-state index contributed by atoms with van der Waals surface area (Å²) in [5.74, 6) is -1.58. The maximum absolute atomic E-state index is 13.8. The second-order valence-electron chi connectivity index (χ2n) is 8.77. The van der Waals surface area contributed by atoms with Gasteiger partial charge >= 0.3 is 0 Å². The largest absolute Gasteiger partial charge is 0.507 e. The van der Waals surface area contributed by atoms with Crippen LogP contribution in [0.1, 0.15) is 53.6 Å². The van der Waals surface area contributed by atoms with E-state index in [0.29, 0.717) is 5.56 Å². The Morgan fingerprint density at radius 3 is 2.09 bits per heavy atom. The topological polar surface area (TPSA) is 89.9 Å². The van der Waals surface area contributed by atoms with Gasteiger partial charge in [0.25, 0.3) is 11.8 Å². The van der Waals surface area contributed by atoms with Crippen LogP contribution in [0.5, 0.6) is 5.75 Å². The lowest BCUT2D eigenvalue weighted by Gasteiger charge is -2.29. The van der Waals surface area contributed by atoms with E-state index >= 15 is 0 Å². The number of nitrogens with one attached hydrogen (secondary N) is 1. The molecule has 0 bridgehead atoms. The molecule has 35 heavy (non-hydrogen) atoms. The number of amides is 2. The first-order valence-electron chi connectivity index (χ1n) is 12.0. The van der Waals surface area contributed by atoms with Crippen molar-refractivity contribution in [3.63, 3.8) is 0 Å². The van der Waals surface area contributed by atoms with E-state index in [1.54, 1.807) is 36.4 Å². The summed E-state index contributed by atoms with van der Waals surface area (Å²) in [5.41, 5.74) is 1.11. The van der Waals surface area contributed by atoms with Gasteiger partial charge in [-0.2, -0.15) is 0 Å². The lowest BCUT2D eigenvalue weighted by atomic mass is 9.95. The van der Waals surface area contributed by atoms with Gasteiger partial charge in [-0.25, -0.2) is 0 Å². The van der Waals surface area contributed by atoms with Crippen LogP contribution in [0.25, 0.3) is 5.76 Å². The van der Waals surface area contributed by atoms with Gasteiger partial charge in [0.2, 0.25) is 0 Å². The Balaban J connectivity index is 1.82. The van der Waals surface area contributed by atoms with E-state index in [4.69, 9.17) is 0 Å². The molecule has 1 aliphatic carbocycles. The fourth-order valence-electron chi connectivity index (χ4n) is 4.41. The van der Waals surface area contributed by atoms with E-state index in [0.717, 1.165) is 37.7 Å². The number of carbonyl (C=O) groups excluding carboxylic acids is 2. The zero-order valence-electron chi connectivity index (χ0n) is 19.6. The standard InChI is InChI=1S/C29H30N2O4/c32-25-19-11-10-18-24(25)29(35)31(20-21-12-4-1-5-13-21)26(27(33)22-14-6-2-7-15-22)28(34)30-23-16-8-3-9-17-23/h1-2,4-7,10-15,18-19,23,32-33H,3,8-9,16-17,20H2,(H,30,34)/b27-26+. The molecule has 6 heteroatoms. The first kappa shape index (κ1) is 24.1. The number of carbonyl (C=O) groups is 2. The molecular formula is C29H30N2O4. The van der Waals surface area contributed by atoms with Crippen LogP contribution in [-0.4, -0.2) is 33.0 Å². The van der Waals surface area contributed by atoms with Gasteiger partial charge in [-0.1, -0.05) is 92.1 Å². The smallest absolute Gasteiger partial charge is 0.272 e. The molecule has 0 aromatic heterocycles. The Kier molecular flexibility index (Phi) is 7.83. The molecule has 0 spiro atoms. The van der Waals surface area contributed by atoms with Crippen molar-refractivity contribution in [2.75, 3.05) is 0 Å². The summed E-state index contributed by atoms with van der Waals surface area (Å²) >= 11 is 0. The highest BCUT2D eigenvalue weighted by molar-refractivity contribution is 6.07. The Bertz CT molecular complexity index is 1190. The predicted molar refractivity (Wildman–Crippen MR) is 135 cm³/mol. The molecule has 3 aromatic carbocycles. The number of rotatable bonds is 7. The third-order valence-corrected chi connectivity index (χ3v) is 6.26. The molecule has 1 fully saturated rings. The molecule has 0 radical (unpaired) electrons. The number of aliphatic hydroxyl groups excluding tert-OH is 1. The van der Waals surface area contributed by atoms with Gasteiger partial charge in [-0.05, 0) is 30.5 Å². The van der Waals surface area contributed by atoms with Crippen LogP contribution in [0.3, 0.4) is 0 Å². The molecule has 6 nitrogen and oxygen atoms in total. The third kappa shape index (κ3) is 5.90. The van der Waals surface area contributed by atoms with Crippen molar-refractivity contribution in [3.05, 3.63) is 107 Å². The Labute approximate surface area is 205 Å². The molecule has 0 aliphatic heterocycles. The SMILES string of the molecule is O=C(NC1CCCCC1)/C(=C(\O)c1ccccc1)N(Cc1ccccc1)C(=O)c1ccccc1O. The van der Waals surface area contributed by atoms with Crippen molar-refractivity contribution in [2.45, 2.75) is 44.7 Å². The van der Waals surface area contributed by atoms with Crippen LogP contribution < -0.4 is 5.32 Å². The van der Waals surface area contributed by atoms with E-state index in [1.165, 1.54) is 17.0 Å². The highest BCUT2D eigenvalue weighted by Gasteiger charge is 2.31. The van der Waals surface area contributed by atoms with E-state index in [-0.39, 0.29) is 35.4 Å². The van der Waals surface area contributed by atoms with Crippen molar-refractivity contribution in [2.24, 2.45) is 0 Å². The van der Waals surface area contributed by atoms with Gasteiger partial charge in [0.15, 0.2) is 11.5 Å². The molecular weight excluding hydrogens is 440 g/mol. The number of para-hydroxylation sites is 1. The van der Waals surface area contributed by atoms with E-state index in [9.17, 15) is 19.8 Å². The van der Waals surface area contributed by atoms with Crippen LogP contribution in [0.2, 0.25) is 0 Å². The number of aliphatic hydroxyl groups is 1. The highest BCUT2D eigenvalue weighted by Crippen LogP contribution is 2.27. The lowest BCUT2D eigenvalue weighted by molar-refractivity contribution is -0.119. The van der Waals surface area contributed by atoms with Crippen LogP contribution in [-0.2, 0) is 11.3 Å². The molecule has 2 amide bonds. The lowest BCUT2D eigenvalue weighted by Crippen LogP contribution is -2.43. The molecule has 0 atom stereocenters. The zero-order valence-corrected chi connectivity index (χ0v) is 19.6. The third-order valence-electron chi connectivity index (χ3n) is 6.26. The van der Waals surface area contributed by atoms with Gasteiger partial charge in [-0.15, -0.1) is 0 Å². The summed E-state index contributed by atoms with van der Waals surface area (Å²) in [6, 6.07) is 24.2. The molecule has 0 unspecified atom stereocenters. The minimum absolute atomic E-state index is 0.0198. The van der Waals surface area contributed by atoms with Crippen LogP contribution in [0.4, 0.5) is 0 Å². The zero-order chi connectivity index (χ0) is 24.6. The van der Waals surface area contributed by atoms with Crippen LogP contribution in [0.15, 0.2) is 90.6 Å². The number of nitrogens with zero attached hydrogens (tertiary/aromatic N) is 1. The predicted octanol–water partition coefficient (Wildman–Crippen LogP) is 5.41. The molecule has 1 saturated carbocycles. The van der Waals surface area contributed by atoms with Gasteiger partial charge < -0.3 is 15.5 Å². The molecule has 3 aromatic rings. The number of benzene rings is 3. The molecule has 4 rings (SSSR count). The minimum Gasteiger partial charge on any atom is -0.507 e. The van der Waals surface area contributed by atoms with Gasteiger partial charge in [0, 0.05) is 11.6 Å². The van der Waals surface area contributed by atoms with Crippen molar-refractivity contribution in [1.82, 2.24) is 10.2 Å². The van der Waals surface area contributed by atoms with E-state index < -0.39 is 11.8 Å². The summed E-state index contributed by atoms with van der Waals surface area (Å²) in [6.07, 6.45) is 4.91. The molecule has 1 aliphatic rings. The average molecular weight is 471 g/mol. The maximum Gasteiger partial charge on any atom is 0.272 e. The average Bonchev–Trinajstić information content (AvgIpc) is 2.90. The summed E-state index contributed by atoms with van der Waals surface area (Å²) < 4.78 is 0. The van der Waals surface area contributed by atoms with Crippen molar-refractivity contribution in [3.8, 4) is 5.75 Å². The summed E-state index contributed by atoms with van der Waals surface area (Å²) in [6.45, 7) is 0.0400. The quantitative estimate of drug-likeness (QED) is 0.318. The van der Waals surface area contributed by atoms with Gasteiger partial charge in [0.1, 0.15) is 5.75 Å². The highest BCUT2D eigenvalue weighted by atomic mass is 16.3. The van der Waals surface area contributed by atoms with Gasteiger partial charge in [0.05, 0.1) is 12.1 Å². The number of aromatic hydroxyl groups is 1. The Morgan fingerprint density at radius 1 is 0.829 bits per heavy atom. The summed E-state index contributed by atoms with van der Waals surface area (Å²) in [5, 5.41) is 24.8. The Morgan fingerprint density at radius 2 is 1.43 bits per heavy atom. The van der Waals surface area contributed by atoms with E-state index in [1.807, 2.05) is 36.4 Å². The number of hydrogen-bond acceptors (Lipinski definition) is 4. The summed E-state index contributed by atoms with van der Waals surface area (Å²) in [4.78, 5) is 28.7. The van der Waals surface area contributed by atoms with Crippen LogP contribution >= 0.6 is 0 Å². The fourth-order valence-corrected chi connectivity index (χ4v) is 4.41. The fraction of sp³-hybridized carbons (Fsp3) is 0.241. The van der Waals surface area contributed by atoms with Gasteiger partial charge in [-0.3, -0.25) is 14.5 Å². The number of hydrogen-bond donors (Lipinski definition) is 3. The van der Waals surface area contributed by atoms with Crippen molar-refractivity contribution < 1.29 is 19.8 Å². The van der Waals surface area contributed by atoms with E-state index in [2.05, 4.69) is 5.32 Å². The molecule has 3 N–H and O–H groups in total. The van der Waals surface area contributed by atoms with Crippen molar-refractivity contribution >= 4 is 17.6 Å². The monoisotopic (exact) mass is 470 g/mol. The summed E-state index contributed by atoms with van der Waals surface area (Å²) in [7, 11) is 0. The van der Waals surface area contributed by atoms with Crippen molar-refractivity contribution in [1.29, 1.82) is 0 Å². The molecule has 0 saturated heterocycles. The second kappa shape index (κ2) is 11.4.